The van der Waals surface area contributed by atoms with Crippen molar-refractivity contribution in [2.45, 2.75) is 33.1 Å². The van der Waals surface area contributed by atoms with Crippen LogP contribution in [0.5, 0.6) is 11.5 Å². The molecule has 1 N–H and O–H groups in total. The van der Waals surface area contributed by atoms with Crippen molar-refractivity contribution in [3.05, 3.63) is 48.0 Å². The third-order valence-corrected chi connectivity index (χ3v) is 5.22. The minimum Gasteiger partial charge on any atom is -0.454 e. The van der Waals surface area contributed by atoms with Crippen LogP contribution in [-0.4, -0.2) is 29.7 Å². The molecule has 5 nitrogen and oxygen atoms in total. The molecule has 0 atom stereocenters. The van der Waals surface area contributed by atoms with Gasteiger partial charge in [0.05, 0.1) is 5.56 Å². The fourth-order valence-electron chi connectivity index (χ4n) is 3.51. The molecule has 140 valence electrons. The number of carbonyl (C=O) groups is 1. The Bertz CT molecular complexity index is 883. The maximum atomic E-state index is 11.8. The average Bonchev–Trinajstić information content (AvgIpc) is 2.85. The molecule has 0 aliphatic carbocycles. The quantitative estimate of drug-likeness (QED) is 0.821. The summed E-state index contributed by atoms with van der Waals surface area (Å²) in [7, 11) is 0. The molecule has 2 aliphatic heterocycles. The van der Waals surface area contributed by atoms with E-state index in [-0.39, 0.29) is 5.91 Å². The van der Waals surface area contributed by atoms with Crippen LogP contribution in [0.25, 0.3) is 0 Å². The number of nitrogens with zero attached hydrogens (tertiary/aromatic N) is 2. The lowest BCUT2D eigenvalue weighted by Crippen LogP contribution is -2.38. The van der Waals surface area contributed by atoms with Crippen LogP contribution in [0.2, 0.25) is 0 Å². The predicted molar refractivity (Wildman–Crippen MR) is 108 cm³/mol. The zero-order chi connectivity index (χ0) is 18.8. The highest BCUT2D eigenvalue weighted by Crippen LogP contribution is 2.39. The lowest BCUT2D eigenvalue weighted by atomic mass is 9.98. The standard InChI is InChI=1S/C22H25N3O2/c1-3-21(26)23-16-8-9-19-17(14-16)22(25-12-10-15(2)11-13-25)24-18-6-4-5-7-20(18)27-19/h4-9,14-15H,3,10-13H2,1-2H3,(H,23,26). The molecule has 5 heteroatoms. The first-order valence-electron chi connectivity index (χ1n) is 9.69. The number of piperidine rings is 1. The Morgan fingerprint density at radius 2 is 1.96 bits per heavy atom. The van der Waals surface area contributed by atoms with Crippen LogP contribution in [0, 0.1) is 5.92 Å². The van der Waals surface area contributed by atoms with Crippen molar-refractivity contribution in [1.82, 2.24) is 4.90 Å². The Morgan fingerprint density at radius 1 is 1.19 bits per heavy atom. The monoisotopic (exact) mass is 363 g/mol. The minimum absolute atomic E-state index is 0.00179. The molecule has 0 bridgehead atoms. The number of nitrogens with one attached hydrogen (secondary N) is 1. The summed E-state index contributed by atoms with van der Waals surface area (Å²) < 4.78 is 6.18. The number of rotatable bonds is 2. The largest absolute Gasteiger partial charge is 0.454 e. The number of carbonyl (C=O) groups excluding carboxylic acids is 1. The Morgan fingerprint density at radius 3 is 2.74 bits per heavy atom. The molecule has 1 saturated heterocycles. The summed E-state index contributed by atoms with van der Waals surface area (Å²) in [5.74, 6) is 3.19. The van der Waals surface area contributed by atoms with E-state index in [2.05, 4.69) is 17.1 Å². The fourth-order valence-corrected chi connectivity index (χ4v) is 3.51. The number of anilines is 1. The van der Waals surface area contributed by atoms with Crippen molar-refractivity contribution >= 4 is 23.1 Å². The van der Waals surface area contributed by atoms with Crippen molar-refractivity contribution in [3.63, 3.8) is 0 Å². The van der Waals surface area contributed by atoms with Gasteiger partial charge in [0.1, 0.15) is 17.3 Å². The molecule has 0 saturated carbocycles. The van der Waals surface area contributed by atoms with E-state index in [4.69, 9.17) is 9.73 Å². The van der Waals surface area contributed by atoms with Gasteiger partial charge in [0, 0.05) is 25.2 Å². The van der Waals surface area contributed by atoms with Crippen LogP contribution in [0.15, 0.2) is 47.5 Å². The lowest BCUT2D eigenvalue weighted by Gasteiger charge is -2.33. The van der Waals surface area contributed by atoms with Crippen LogP contribution in [0.1, 0.15) is 38.7 Å². The van der Waals surface area contributed by atoms with E-state index in [0.717, 1.165) is 66.1 Å². The number of ether oxygens (including phenoxy) is 1. The summed E-state index contributed by atoms with van der Waals surface area (Å²) in [6.07, 6.45) is 2.76. The van der Waals surface area contributed by atoms with Crippen LogP contribution >= 0.6 is 0 Å². The highest BCUT2D eigenvalue weighted by molar-refractivity contribution is 6.05. The number of likely N-dealkylation sites (tertiary alicyclic amines) is 1. The molecule has 0 unspecified atom stereocenters. The highest BCUT2D eigenvalue weighted by Gasteiger charge is 2.26. The smallest absolute Gasteiger partial charge is 0.224 e. The summed E-state index contributed by atoms with van der Waals surface area (Å²) in [6, 6.07) is 13.6. The van der Waals surface area contributed by atoms with Crippen LogP contribution < -0.4 is 10.1 Å². The average molecular weight is 363 g/mol. The molecular formula is C22H25N3O2. The second kappa shape index (κ2) is 7.43. The lowest BCUT2D eigenvalue weighted by molar-refractivity contribution is -0.115. The highest BCUT2D eigenvalue weighted by atomic mass is 16.5. The van der Waals surface area contributed by atoms with E-state index < -0.39 is 0 Å². The predicted octanol–water partition coefficient (Wildman–Crippen LogP) is 4.95. The number of hydrogen-bond acceptors (Lipinski definition) is 4. The first kappa shape index (κ1) is 17.6. The van der Waals surface area contributed by atoms with Crippen LogP contribution in [-0.2, 0) is 4.79 Å². The van der Waals surface area contributed by atoms with Gasteiger partial charge in [-0.1, -0.05) is 26.0 Å². The van der Waals surface area contributed by atoms with Crippen molar-refractivity contribution in [2.75, 3.05) is 18.4 Å². The molecule has 2 aromatic rings. The van der Waals surface area contributed by atoms with E-state index in [1.807, 2.05) is 49.4 Å². The van der Waals surface area contributed by atoms with Gasteiger partial charge < -0.3 is 15.0 Å². The van der Waals surface area contributed by atoms with Gasteiger partial charge in [-0.2, -0.15) is 0 Å². The number of fused-ring (bicyclic) bond motifs is 2. The van der Waals surface area contributed by atoms with E-state index in [9.17, 15) is 4.79 Å². The van der Waals surface area contributed by atoms with Gasteiger partial charge >= 0.3 is 0 Å². The van der Waals surface area contributed by atoms with Crippen LogP contribution in [0.4, 0.5) is 11.4 Å². The number of aliphatic imine (C=N–C) groups is 1. The Hall–Kier alpha value is -2.82. The zero-order valence-electron chi connectivity index (χ0n) is 15.9. The third-order valence-electron chi connectivity index (χ3n) is 5.22. The molecule has 2 aromatic carbocycles. The second-order valence-electron chi connectivity index (χ2n) is 7.29. The maximum Gasteiger partial charge on any atom is 0.224 e. The zero-order valence-corrected chi connectivity index (χ0v) is 15.9. The molecule has 0 radical (unpaired) electrons. The van der Waals surface area contributed by atoms with Gasteiger partial charge in [0.15, 0.2) is 5.75 Å². The first-order valence-corrected chi connectivity index (χ1v) is 9.69. The molecule has 27 heavy (non-hydrogen) atoms. The fraction of sp³-hybridized carbons (Fsp3) is 0.364. The molecule has 1 amide bonds. The topological polar surface area (TPSA) is 53.9 Å². The molecule has 4 rings (SSSR count). The van der Waals surface area contributed by atoms with Crippen molar-refractivity contribution < 1.29 is 9.53 Å². The summed E-state index contributed by atoms with van der Waals surface area (Å²) in [4.78, 5) is 19.1. The van der Waals surface area contributed by atoms with Gasteiger partial charge in [-0.15, -0.1) is 0 Å². The molecule has 2 aliphatic rings. The van der Waals surface area contributed by atoms with Gasteiger partial charge in [-0.05, 0) is 49.1 Å². The summed E-state index contributed by atoms with van der Waals surface area (Å²) >= 11 is 0. The SMILES string of the molecule is CCC(=O)Nc1ccc2c(c1)C(N1CCC(C)CC1)=Nc1ccccc1O2. The Kier molecular flexibility index (Phi) is 4.84. The van der Waals surface area contributed by atoms with Gasteiger partial charge in [-0.3, -0.25) is 4.79 Å². The maximum absolute atomic E-state index is 11.8. The van der Waals surface area contributed by atoms with Gasteiger partial charge in [-0.25, -0.2) is 4.99 Å². The summed E-state index contributed by atoms with van der Waals surface area (Å²) in [5, 5.41) is 2.95. The van der Waals surface area contributed by atoms with Crippen LogP contribution in [0.3, 0.4) is 0 Å². The van der Waals surface area contributed by atoms with E-state index in [1.165, 1.54) is 0 Å². The Labute approximate surface area is 160 Å². The van der Waals surface area contributed by atoms with Crippen molar-refractivity contribution in [3.8, 4) is 11.5 Å². The first-order chi connectivity index (χ1) is 13.1. The van der Waals surface area contributed by atoms with Crippen molar-refractivity contribution in [1.29, 1.82) is 0 Å². The van der Waals surface area contributed by atoms with E-state index in [0.29, 0.717) is 6.42 Å². The molecule has 0 aromatic heterocycles. The molecule has 0 spiro atoms. The minimum atomic E-state index is -0.00179. The van der Waals surface area contributed by atoms with Gasteiger partial charge in [0.25, 0.3) is 0 Å². The Balaban J connectivity index is 1.78. The number of hydrogen-bond donors (Lipinski definition) is 1. The third kappa shape index (κ3) is 3.68. The molecule has 1 fully saturated rings. The van der Waals surface area contributed by atoms with Crippen molar-refractivity contribution in [2.24, 2.45) is 10.9 Å². The summed E-state index contributed by atoms with van der Waals surface area (Å²) in [5.41, 5.74) is 2.53. The summed E-state index contributed by atoms with van der Waals surface area (Å²) in [6.45, 7) is 6.11. The number of amidine groups is 1. The van der Waals surface area contributed by atoms with E-state index in [1.54, 1.807) is 0 Å². The van der Waals surface area contributed by atoms with E-state index >= 15 is 0 Å². The molecular weight excluding hydrogens is 338 g/mol. The second-order valence-corrected chi connectivity index (χ2v) is 7.29. The number of benzene rings is 2. The normalized spacial score (nSPS) is 16.5. The number of para-hydroxylation sites is 2. The number of amides is 1. The van der Waals surface area contributed by atoms with Gasteiger partial charge in [0.2, 0.25) is 5.91 Å². The molecule has 2 heterocycles.